The summed E-state index contributed by atoms with van der Waals surface area (Å²) >= 11 is 3.41. The highest BCUT2D eigenvalue weighted by Crippen LogP contribution is 2.39. The van der Waals surface area contributed by atoms with Crippen LogP contribution in [0.1, 0.15) is 5.76 Å². The normalized spacial score (nSPS) is 10.3. The van der Waals surface area contributed by atoms with E-state index < -0.39 is 0 Å². The van der Waals surface area contributed by atoms with Gasteiger partial charge in [-0.2, -0.15) is 0 Å². The number of hydrogen-bond donors (Lipinski definition) is 0. The molecule has 0 bridgehead atoms. The second-order valence-electron chi connectivity index (χ2n) is 3.83. The Morgan fingerprint density at radius 2 is 1.84 bits per heavy atom. The molecular formula is C14H13BrO4. The van der Waals surface area contributed by atoms with Gasteiger partial charge in [-0.3, -0.25) is 0 Å². The first kappa shape index (κ1) is 13.7. The number of carbonyl (C=O) groups excluding carboxylic acids is 1. The Hall–Kier alpha value is -1.75. The van der Waals surface area contributed by atoms with E-state index in [0.29, 0.717) is 23.0 Å². The van der Waals surface area contributed by atoms with Gasteiger partial charge in [-0.15, -0.1) is 0 Å². The second kappa shape index (κ2) is 5.93. The van der Waals surface area contributed by atoms with Crippen LogP contribution < -0.4 is 9.47 Å². The molecule has 4 nitrogen and oxygen atoms in total. The zero-order chi connectivity index (χ0) is 13.8. The second-order valence-corrected chi connectivity index (χ2v) is 4.62. The summed E-state index contributed by atoms with van der Waals surface area (Å²) in [5.74, 6) is 2.61. The van der Waals surface area contributed by atoms with Gasteiger partial charge in [0.15, 0.2) is 0 Å². The molecule has 0 aliphatic rings. The summed E-state index contributed by atoms with van der Waals surface area (Å²) in [6, 6.07) is 7.29. The molecular weight excluding hydrogens is 312 g/mol. The van der Waals surface area contributed by atoms with Gasteiger partial charge in [0.05, 0.1) is 20.6 Å². The van der Waals surface area contributed by atoms with E-state index in [1.807, 2.05) is 18.2 Å². The molecule has 0 aliphatic carbocycles. The van der Waals surface area contributed by atoms with Crippen LogP contribution in [0.15, 0.2) is 33.2 Å². The first-order chi connectivity index (χ1) is 9.19. The van der Waals surface area contributed by atoms with Gasteiger partial charge in [0.2, 0.25) is 0 Å². The quantitative estimate of drug-likeness (QED) is 0.790. The molecule has 0 radical (unpaired) electrons. The standard InChI is InChI=1S/C14H13BrO4/c1-17-12-7-9(8-13(18-2)14(12)15)11-4-3-10(19-11)5-6-16/h3-4,6-8H,5H2,1-2H3. The van der Waals surface area contributed by atoms with E-state index in [-0.39, 0.29) is 6.42 Å². The monoisotopic (exact) mass is 324 g/mol. The third kappa shape index (κ3) is 2.81. The van der Waals surface area contributed by atoms with Gasteiger partial charge >= 0.3 is 0 Å². The SMILES string of the molecule is COc1cc(-c2ccc(CC=O)o2)cc(OC)c1Br. The van der Waals surface area contributed by atoms with Crippen LogP contribution in [0.3, 0.4) is 0 Å². The Balaban J connectivity index is 2.45. The van der Waals surface area contributed by atoms with Crippen molar-refractivity contribution in [1.29, 1.82) is 0 Å². The van der Waals surface area contributed by atoms with Gasteiger partial charge < -0.3 is 18.7 Å². The van der Waals surface area contributed by atoms with Gasteiger partial charge in [0, 0.05) is 5.56 Å². The molecule has 2 rings (SSSR count). The first-order valence-electron chi connectivity index (χ1n) is 5.63. The van der Waals surface area contributed by atoms with Crippen molar-refractivity contribution in [1.82, 2.24) is 0 Å². The highest BCUT2D eigenvalue weighted by Gasteiger charge is 2.13. The molecule has 0 spiro atoms. The lowest BCUT2D eigenvalue weighted by molar-refractivity contribution is -0.107. The summed E-state index contributed by atoms with van der Waals surface area (Å²) < 4.78 is 16.9. The molecule has 5 heteroatoms. The first-order valence-corrected chi connectivity index (χ1v) is 6.43. The summed E-state index contributed by atoms with van der Waals surface area (Å²) in [6.45, 7) is 0. The number of aldehydes is 1. The number of rotatable bonds is 5. The lowest BCUT2D eigenvalue weighted by Crippen LogP contribution is -1.91. The van der Waals surface area contributed by atoms with Crippen LogP contribution in [-0.4, -0.2) is 20.5 Å². The number of benzene rings is 1. The number of hydrogen-bond acceptors (Lipinski definition) is 4. The Bertz CT molecular complexity index is 564. The minimum Gasteiger partial charge on any atom is -0.495 e. The van der Waals surface area contributed by atoms with Crippen LogP contribution in [0.5, 0.6) is 11.5 Å². The Kier molecular flexibility index (Phi) is 4.27. The van der Waals surface area contributed by atoms with Crippen LogP contribution in [0.4, 0.5) is 0 Å². The minimum absolute atomic E-state index is 0.269. The third-order valence-corrected chi connectivity index (χ3v) is 3.46. The molecule has 1 aromatic heterocycles. The van der Waals surface area contributed by atoms with E-state index in [2.05, 4.69) is 15.9 Å². The van der Waals surface area contributed by atoms with Crippen molar-refractivity contribution < 1.29 is 18.7 Å². The fourth-order valence-electron chi connectivity index (χ4n) is 1.74. The average molecular weight is 325 g/mol. The molecule has 2 aromatic rings. The fourth-order valence-corrected chi connectivity index (χ4v) is 2.29. The van der Waals surface area contributed by atoms with Gasteiger partial charge in [0.25, 0.3) is 0 Å². The summed E-state index contributed by atoms with van der Waals surface area (Å²) in [5.41, 5.74) is 0.828. The third-order valence-electron chi connectivity index (χ3n) is 2.68. The molecule has 0 amide bonds. The topological polar surface area (TPSA) is 48.7 Å². The smallest absolute Gasteiger partial charge is 0.137 e. The molecule has 0 saturated carbocycles. The highest BCUT2D eigenvalue weighted by molar-refractivity contribution is 9.10. The van der Waals surface area contributed by atoms with Crippen molar-refractivity contribution in [2.75, 3.05) is 14.2 Å². The maximum atomic E-state index is 10.5. The Morgan fingerprint density at radius 1 is 1.21 bits per heavy atom. The highest BCUT2D eigenvalue weighted by atomic mass is 79.9. The lowest BCUT2D eigenvalue weighted by Gasteiger charge is -2.10. The molecule has 19 heavy (non-hydrogen) atoms. The van der Waals surface area contributed by atoms with E-state index in [4.69, 9.17) is 13.9 Å². The van der Waals surface area contributed by atoms with E-state index in [9.17, 15) is 4.79 Å². The summed E-state index contributed by atoms with van der Waals surface area (Å²) in [5, 5.41) is 0. The van der Waals surface area contributed by atoms with E-state index in [1.54, 1.807) is 20.3 Å². The lowest BCUT2D eigenvalue weighted by atomic mass is 10.1. The molecule has 100 valence electrons. The van der Waals surface area contributed by atoms with E-state index >= 15 is 0 Å². The zero-order valence-electron chi connectivity index (χ0n) is 10.6. The van der Waals surface area contributed by atoms with Gasteiger partial charge in [-0.1, -0.05) is 0 Å². The molecule has 1 aromatic carbocycles. The van der Waals surface area contributed by atoms with Crippen molar-refractivity contribution >= 4 is 22.2 Å². The number of ether oxygens (including phenoxy) is 2. The van der Waals surface area contributed by atoms with Gasteiger partial charge in [-0.05, 0) is 40.2 Å². The maximum absolute atomic E-state index is 10.5. The van der Waals surface area contributed by atoms with E-state index in [0.717, 1.165) is 16.3 Å². The van der Waals surface area contributed by atoms with E-state index in [1.165, 1.54) is 0 Å². The minimum atomic E-state index is 0.269. The number of furan rings is 1. The predicted molar refractivity (Wildman–Crippen MR) is 74.7 cm³/mol. The molecule has 1 heterocycles. The van der Waals surface area contributed by atoms with Gasteiger partial charge in [0.1, 0.15) is 33.8 Å². The average Bonchev–Trinajstić information content (AvgIpc) is 2.88. The summed E-state index contributed by atoms with van der Waals surface area (Å²) in [7, 11) is 3.17. The summed E-state index contributed by atoms with van der Waals surface area (Å²) in [4.78, 5) is 10.5. The van der Waals surface area contributed by atoms with Crippen molar-refractivity contribution in [2.24, 2.45) is 0 Å². The molecule has 0 atom stereocenters. The molecule has 0 aliphatic heterocycles. The molecule has 0 fully saturated rings. The Morgan fingerprint density at radius 3 is 2.37 bits per heavy atom. The summed E-state index contributed by atoms with van der Waals surface area (Å²) in [6.07, 6.45) is 1.08. The maximum Gasteiger partial charge on any atom is 0.137 e. The fraction of sp³-hybridized carbons (Fsp3) is 0.214. The Labute approximate surface area is 119 Å². The van der Waals surface area contributed by atoms with Crippen molar-refractivity contribution in [3.05, 3.63) is 34.5 Å². The largest absolute Gasteiger partial charge is 0.495 e. The molecule has 0 saturated heterocycles. The van der Waals surface area contributed by atoms with Crippen molar-refractivity contribution in [3.63, 3.8) is 0 Å². The van der Waals surface area contributed by atoms with Crippen molar-refractivity contribution in [2.45, 2.75) is 6.42 Å². The van der Waals surface area contributed by atoms with Crippen LogP contribution in [-0.2, 0) is 11.2 Å². The van der Waals surface area contributed by atoms with Crippen LogP contribution in [0, 0.1) is 0 Å². The zero-order valence-corrected chi connectivity index (χ0v) is 12.2. The van der Waals surface area contributed by atoms with Gasteiger partial charge in [-0.25, -0.2) is 0 Å². The molecule has 0 unspecified atom stereocenters. The molecule has 0 N–H and O–H groups in total. The van der Waals surface area contributed by atoms with Crippen molar-refractivity contribution in [3.8, 4) is 22.8 Å². The predicted octanol–water partition coefficient (Wildman–Crippen LogP) is 3.47. The van der Waals surface area contributed by atoms with Crippen LogP contribution in [0.25, 0.3) is 11.3 Å². The number of carbonyl (C=O) groups is 1. The van der Waals surface area contributed by atoms with Crippen LogP contribution >= 0.6 is 15.9 Å². The number of halogens is 1. The number of methoxy groups -OCH3 is 2. The van der Waals surface area contributed by atoms with Crippen LogP contribution in [0.2, 0.25) is 0 Å².